The van der Waals surface area contributed by atoms with Crippen LogP contribution in [0.1, 0.15) is 47.0 Å². The van der Waals surface area contributed by atoms with E-state index in [1.807, 2.05) is 0 Å². The Balaban J connectivity index is 1.49. The molecule has 5 rings (SSSR count). The quantitative estimate of drug-likeness (QED) is 0.550. The molecule has 188 valence electrons. The van der Waals surface area contributed by atoms with Crippen molar-refractivity contribution in [2.75, 3.05) is 5.32 Å². The summed E-state index contributed by atoms with van der Waals surface area (Å²) in [5.74, 6) is 0.241. The summed E-state index contributed by atoms with van der Waals surface area (Å²) in [6.07, 6.45) is 2.60. The van der Waals surface area contributed by atoms with E-state index in [4.69, 9.17) is 16.3 Å². The van der Waals surface area contributed by atoms with Gasteiger partial charge in [0.2, 0.25) is 0 Å². The van der Waals surface area contributed by atoms with E-state index in [1.165, 1.54) is 0 Å². The van der Waals surface area contributed by atoms with Gasteiger partial charge in [-0.15, -0.1) is 0 Å². The molecule has 1 unspecified atom stereocenters. The van der Waals surface area contributed by atoms with Gasteiger partial charge in [0.1, 0.15) is 17.5 Å². The minimum atomic E-state index is -1.06. The smallest absolute Gasteiger partial charge is 0.426 e. The molecule has 1 aliphatic carbocycles. The van der Waals surface area contributed by atoms with Crippen molar-refractivity contribution in [3.8, 4) is 11.4 Å². The first-order valence-electron chi connectivity index (χ1n) is 11.4. The van der Waals surface area contributed by atoms with Gasteiger partial charge >= 0.3 is 12.1 Å². The first-order valence-corrected chi connectivity index (χ1v) is 11.8. The van der Waals surface area contributed by atoms with Crippen molar-refractivity contribution in [3.05, 3.63) is 29.5 Å². The molecule has 3 fully saturated rings. The number of halogens is 1. The molecule has 2 bridgehead atoms. The average molecular weight is 504 g/mol. The lowest BCUT2D eigenvalue weighted by molar-refractivity contribution is -0.156. The van der Waals surface area contributed by atoms with Gasteiger partial charge in [0.25, 0.3) is 5.91 Å². The third kappa shape index (κ3) is 5.04. The van der Waals surface area contributed by atoms with Gasteiger partial charge in [-0.3, -0.25) is 14.9 Å². The van der Waals surface area contributed by atoms with Crippen LogP contribution in [0.4, 0.5) is 15.3 Å². The molecule has 1 saturated carbocycles. The molecule has 2 aliphatic heterocycles. The zero-order valence-corrected chi connectivity index (χ0v) is 21.1. The van der Waals surface area contributed by atoms with Gasteiger partial charge in [-0.1, -0.05) is 18.5 Å². The highest BCUT2D eigenvalue weighted by molar-refractivity contribution is 6.33. The van der Waals surface area contributed by atoms with Crippen LogP contribution in [0.3, 0.4) is 0 Å². The van der Waals surface area contributed by atoms with Crippen LogP contribution >= 0.6 is 11.6 Å². The highest BCUT2D eigenvalue weighted by Gasteiger charge is 2.62. The molecule has 1 aromatic heterocycles. The van der Waals surface area contributed by atoms with Crippen LogP contribution < -0.4 is 16.2 Å². The Morgan fingerprint density at radius 2 is 1.94 bits per heavy atom. The Morgan fingerprint density at radius 1 is 1.20 bits per heavy atom. The predicted octanol–water partition coefficient (Wildman–Crippen LogP) is 3.47. The van der Waals surface area contributed by atoms with Gasteiger partial charge < -0.3 is 15.0 Å². The first-order chi connectivity index (χ1) is 16.4. The first kappa shape index (κ1) is 24.8. The van der Waals surface area contributed by atoms with Crippen molar-refractivity contribution >= 4 is 35.3 Å². The molecule has 11 nitrogen and oxygen atoms in total. The van der Waals surface area contributed by atoms with Crippen molar-refractivity contribution in [3.63, 3.8) is 0 Å². The van der Waals surface area contributed by atoms with Gasteiger partial charge in [0, 0.05) is 30.8 Å². The summed E-state index contributed by atoms with van der Waals surface area (Å²) in [4.78, 5) is 44.3. The predicted molar refractivity (Wildman–Crippen MR) is 129 cm³/mol. The standard InChI is InChI=1S/C23H30ClN7O4/c1-13-8-15-11-23(10-13,19(32)27-28-21(34)35-22(2,3)4)31(15)20(33)26-14-6-7-17(24)16(9-14)18-25-12-30(5)29-18/h6-7,9,12-13,15H,8,10-11H2,1-5H3,(H,26,33)(H,27,32)(H,28,34)/t13-,15-,23?/m1/s1. The second kappa shape index (κ2) is 9.03. The molecule has 35 heavy (non-hydrogen) atoms. The maximum absolute atomic E-state index is 13.3. The fraction of sp³-hybridized carbons (Fsp3) is 0.522. The second-order valence-electron chi connectivity index (χ2n) is 10.3. The number of nitrogens with one attached hydrogen (secondary N) is 3. The summed E-state index contributed by atoms with van der Waals surface area (Å²) >= 11 is 6.33. The van der Waals surface area contributed by atoms with E-state index in [2.05, 4.69) is 33.2 Å². The number of carbonyl (C=O) groups excluding carboxylic acids is 3. The Morgan fingerprint density at radius 3 is 2.60 bits per heavy atom. The van der Waals surface area contributed by atoms with E-state index < -0.39 is 29.2 Å². The number of rotatable bonds is 3. The van der Waals surface area contributed by atoms with E-state index in [9.17, 15) is 14.4 Å². The van der Waals surface area contributed by atoms with Gasteiger partial charge in [0.15, 0.2) is 5.82 Å². The number of urea groups is 1. The molecule has 4 amide bonds. The number of anilines is 1. The number of piperidine rings is 1. The van der Waals surface area contributed by atoms with E-state index >= 15 is 0 Å². The number of amides is 4. The number of ether oxygens (including phenoxy) is 1. The number of benzene rings is 1. The Bertz CT molecular complexity index is 1160. The summed E-state index contributed by atoms with van der Waals surface area (Å²) in [6, 6.07) is 4.57. The molecular formula is C23H30ClN7O4. The maximum atomic E-state index is 13.3. The summed E-state index contributed by atoms with van der Waals surface area (Å²) < 4.78 is 6.74. The number of aromatic nitrogens is 3. The van der Waals surface area contributed by atoms with Crippen molar-refractivity contribution in [1.29, 1.82) is 0 Å². The van der Waals surface area contributed by atoms with E-state index in [-0.39, 0.29) is 12.0 Å². The highest BCUT2D eigenvalue weighted by atomic mass is 35.5. The van der Waals surface area contributed by atoms with Gasteiger partial charge in [-0.2, -0.15) is 5.10 Å². The Hall–Kier alpha value is -3.34. The van der Waals surface area contributed by atoms with Crippen molar-refractivity contribution < 1.29 is 19.1 Å². The minimum Gasteiger partial charge on any atom is -0.443 e. The van der Waals surface area contributed by atoms with Gasteiger partial charge in [0.05, 0.1) is 5.02 Å². The Kier molecular flexibility index (Phi) is 6.39. The number of aryl methyl sites for hydroxylation is 1. The highest BCUT2D eigenvalue weighted by Crippen LogP contribution is 2.50. The average Bonchev–Trinajstić information content (AvgIpc) is 3.17. The monoisotopic (exact) mass is 503 g/mol. The van der Waals surface area contributed by atoms with E-state index in [1.54, 1.807) is 61.9 Å². The van der Waals surface area contributed by atoms with Crippen molar-refractivity contribution in [1.82, 2.24) is 30.5 Å². The molecule has 1 aromatic carbocycles. The number of hydrazine groups is 1. The van der Waals surface area contributed by atoms with Crippen LogP contribution in [-0.2, 0) is 16.6 Å². The SMILES string of the molecule is C[C@@H]1C[C@@H]2CC(C(=O)NNC(=O)OC(C)(C)C)(C1)N2C(=O)Nc1ccc(Cl)c(-c2ncn(C)n2)c1. The maximum Gasteiger partial charge on any atom is 0.426 e. The Labute approximate surface area is 208 Å². The second-order valence-corrected chi connectivity index (χ2v) is 10.7. The fourth-order valence-electron chi connectivity index (χ4n) is 4.91. The topological polar surface area (TPSA) is 130 Å². The number of hydrogen-bond donors (Lipinski definition) is 3. The normalized spacial score (nSPS) is 23.2. The zero-order chi connectivity index (χ0) is 25.5. The molecule has 3 atom stereocenters. The largest absolute Gasteiger partial charge is 0.443 e. The van der Waals surface area contributed by atoms with Gasteiger partial charge in [-0.25, -0.2) is 20.0 Å². The summed E-state index contributed by atoms with van der Waals surface area (Å²) in [7, 11) is 1.75. The minimum absolute atomic E-state index is 0.0738. The van der Waals surface area contributed by atoms with Crippen molar-refractivity contribution in [2.24, 2.45) is 13.0 Å². The van der Waals surface area contributed by atoms with E-state index in [0.29, 0.717) is 34.9 Å². The van der Waals surface area contributed by atoms with E-state index in [0.717, 1.165) is 6.42 Å². The van der Waals surface area contributed by atoms with Crippen LogP contribution in [0.25, 0.3) is 11.4 Å². The fourth-order valence-corrected chi connectivity index (χ4v) is 5.12. The van der Waals surface area contributed by atoms with Crippen LogP contribution in [0.15, 0.2) is 24.5 Å². The molecule has 3 aliphatic rings. The third-order valence-corrected chi connectivity index (χ3v) is 6.47. The molecule has 2 aromatic rings. The lowest BCUT2D eigenvalue weighted by Gasteiger charge is -2.61. The van der Waals surface area contributed by atoms with Crippen LogP contribution in [0.5, 0.6) is 0 Å². The van der Waals surface area contributed by atoms with Crippen LogP contribution in [0.2, 0.25) is 5.02 Å². The summed E-state index contributed by atoms with van der Waals surface area (Å²) in [6.45, 7) is 7.23. The number of hydrogen-bond acceptors (Lipinski definition) is 6. The lowest BCUT2D eigenvalue weighted by Crippen LogP contribution is -2.78. The van der Waals surface area contributed by atoms with Gasteiger partial charge in [-0.05, 0) is 57.7 Å². The van der Waals surface area contributed by atoms with Crippen LogP contribution in [0, 0.1) is 5.92 Å². The third-order valence-electron chi connectivity index (χ3n) is 6.14. The number of carbonyl (C=O) groups is 3. The lowest BCUT2D eigenvalue weighted by atomic mass is 9.64. The molecule has 12 heteroatoms. The molecule has 2 saturated heterocycles. The van der Waals surface area contributed by atoms with Crippen LogP contribution in [-0.4, -0.2) is 54.9 Å². The molecule has 3 heterocycles. The van der Waals surface area contributed by atoms with Crippen molar-refractivity contribution in [2.45, 2.75) is 64.1 Å². The number of nitrogens with zero attached hydrogens (tertiary/aromatic N) is 4. The zero-order valence-electron chi connectivity index (χ0n) is 20.4. The summed E-state index contributed by atoms with van der Waals surface area (Å²) in [5, 5.41) is 7.60. The molecular weight excluding hydrogens is 474 g/mol. The molecule has 0 radical (unpaired) electrons. The number of fused-ring (bicyclic) bond motifs is 2. The summed E-state index contributed by atoms with van der Waals surface area (Å²) in [5.41, 5.74) is 4.06. The molecule has 3 N–H and O–H groups in total. The molecule has 0 spiro atoms.